The van der Waals surface area contributed by atoms with Crippen molar-refractivity contribution in [2.45, 2.75) is 13.1 Å². The van der Waals surface area contributed by atoms with Crippen molar-refractivity contribution in [2.24, 2.45) is 4.99 Å². The summed E-state index contributed by atoms with van der Waals surface area (Å²) in [5.74, 6) is 3.19. The van der Waals surface area contributed by atoms with Crippen molar-refractivity contribution in [1.29, 1.82) is 0 Å². The summed E-state index contributed by atoms with van der Waals surface area (Å²) in [6.07, 6.45) is 0. The van der Waals surface area contributed by atoms with Crippen molar-refractivity contribution in [2.75, 3.05) is 41.1 Å². The molecule has 0 aromatic heterocycles. The summed E-state index contributed by atoms with van der Waals surface area (Å²) in [6.45, 7) is 3.07. The molecule has 2 aromatic rings. The number of nitrogens with one attached hydrogen (secondary N) is 2. The lowest BCUT2D eigenvalue weighted by molar-refractivity contribution is 0.174. The number of benzene rings is 2. The van der Waals surface area contributed by atoms with Gasteiger partial charge in [-0.2, -0.15) is 0 Å². The summed E-state index contributed by atoms with van der Waals surface area (Å²) in [7, 11) is 5.83. The van der Waals surface area contributed by atoms with Crippen LogP contribution in [-0.4, -0.2) is 51.9 Å². The average Bonchev–Trinajstić information content (AvgIpc) is 3.16. The summed E-state index contributed by atoms with van der Waals surface area (Å²) < 4.78 is 16.7. The van der Waals surface area contributed by atoms with Gasteiger partial charge in [-0.3, -0.25) is 4.99 Å². The first kappa shape index (κ1) is 19.8. The van der Waals surface area contributed by atoms with E-state index in [1.807, 2.05) is 50.5 Å². The first-order valence-corrected chi connectivity index (χ1v) is 9.34. The highest BCUT2D eigenvalue weighted by atomic mass is 16.7. The molecule has 1 heterocycles. The van der Waals surface area contributed by atoms with Crippen LogP contribution in [0.4, 0.5) is 0 Å². The zero-order chi connectivity index (χ0) is 19.8. The van der Waals surface area contributed by atoms with Gasteiger partial charge in [0.05, 0.1) is 0 Å². The number of hydrogen-bond acceptors (Lipinski definition) is 5. The highest BCUT2D eigenvalue weighted by Gasteiger charge is 2.13. The minimum absolute atomic E-state index is 0.283. The van der Waals surface area contributed by atoms with Gasteiger partial charge in [0.15, 0.2) is 17.5 Å². The molecule has 0 aliphatic carbocycles. The quantitative estimate of drug-likeness (QED) is 0.537. The van der Waals surface area contributed by atoms with E-state index in [0.717, 1.165) is 40.9 Å². The first-order chi connectivity index (χ1) is 13.7. The van der Waals surface area contributed by atoms with Gasteiger partial charge in [0, 0.05) is 32.2 Å². The Kier molecular flexibility index (Phi) is 6.97. The Bertz CT molecular complexity index is 808. The lowest BCUT2D eigenvalue weighted by Crippen LogP contribution is -2.36. The molecule has 0 amide bonds. The fourth-order valence-electron chi connectivity index (χ4n) is 2.77. The minimum Gasteiger partial charge on any atom is -0.492 e. The lowest BCUT2D eigenvalue weighted by Gasteiger charge is -2.16. The first-order valence-electron chi connectivity index (χ1n) is 9.34. The van der Waals surface area contributed by atoms with Crippen LogP contribution in [0.25, 0.3) is 0 Å². The molecule has 0 unspecified atom stereocenters. The Labute approximate surface area is 166 Å². The van der Waals surface area contributed by atoms with Crippen LogP contribution >= 0.6 is 0 Å². The number of fused-ring (bicyclic) bond motifs is 1. The molecule has 7 nitrogen and oxygen atoms in total. The zero-order valence-electron chi connectivity index (χ0n) is 16.7. The largest absolute Gasteiger partial charge is 0.492 e. The van der Waals surface area contributed by atoms with Gasteiger partial charge >= 0.3 is 0 Å². The third-order valence-electron chi connectivity index (χ3n) is 4.34. The zero-order valence-corrected chi connectivity index (χ0v) is 16.7. The number of guanidine groups is 1. The minimum atomic E-state index is 0.283. The number of hydrogen-bond donors (Lipinski definition) is 2. The van der Waals surface area contributed by atoms with Crippen molar-refractivity contribution in [3.05, 3.63) is 53.6 Å². The lowest BCUT2D eigenvalue weighted by atomic mass is 10.2. The topological polar surface area (TPSA) is 67.4 Å². The van der Waals surface area contributed by atoms with Crippen LogP contribution in [0, 0.1) is 0 Å². The van der Waals surface area contributed by atoms with E-state index in [2.05, 4.69) is 26.6 Å². The van der Waals surface area contributed by atoms with Crippen LogP contribution in [0.2, 0.25) is 0 Å². The third-order valence-corrected chi connectivity index (χ3v) is 4.34. The number of aliphatic imine (C=N–C) groups is 1. The van der Waals surface area contributed by atoms with Crippen molar-refractivity contribution >= 4 is 5.96 Å². The van der Waals surface area contributed by atoms with Crippen molar-refractivity contribution in [3.63, 3.8) is 0 Å². The highest BCUT2D eigenvalue weighted by Crippen LogP contribution is 2.32. The Balaban J connectivity index is 1.51. The van der Waals surface area contributed by atoms with Crippen molar-refractivity contribution in [3.8, 4) is 17.2 Å². The molecule has 0 radical (unpaired) electrons. The summed E-state index contributed by atoms with van der Waals surface area (Å²) in [5.41, 5.74) is 2.19. The molecule has 0 spiro atoms. The van der Waals surface area contributed by atoms with E-state index in [-0.39, 0.29) is 6.79 Å². The number of rotatable bonds is 8. The maximum Gasteiger partial charge on any atom is 0.231 e. The van der Waals surface area contributed by atoms with Crippen molar-refractivity contribution in [1.82, 2.24) is 15.5 Å². The Morgan fingerprint density at radius 1 is 1.07 bits per heavy atom. The molecule has 28 heavy (non-hydrogen) atoms. The molecule has 2 aromatic carbocycles. The average molecular weight is 384 g/mol. The number of likely N-dealkylation sites (N-methyl/N-ethyl adjacent to an activating group) is 1. The third kappa shape index (κ3) is 5.53. The van der Waals surface area contributed by atoms with Gasteiger partial charge in [-0.15, -0.1) is 0 Å². The molecule has 0 atom stereocenters. The molecule has 0 bridgehead atoms. The second kappa shape index (κ2) is 9.85. The Morgan fingerprint density at radius 3 is 2.68 bits per heavy atom. The van der Waals surface area contributed by atoms with E-state index in [4.69, 9.17) is 14.2 Å². The fourth-order valence-corrected chi connectivity index (χ4v) is 2.77. The molecule has 1 aliphatic heterocycles. The van der Waals surface area contributed by atoms with E-state index in [1.165, 1.54) is 0 Å². The normalized spacial score (nSPS) is 12.9. The summed E-state index contributed by atoms with van der Waals surface area (Å²) in [6, 6.07) is 14.0. The van der Waals surface area contributed by atoms with Gasteiger partial charge in [-0.05, 0) is 37.9 Å². The van der Waals surface area contributed by atoms with E-state index in [0.29, 0.717) is 19.7 Å². The predicted octanol–water partition coefficient (Wildman–Crippen LogP) is 2.22. The van der Waals surface area contributed by atoms with Crippen LogP contribution in [0.1, 0.15) is 11.1 Å². The molecular formula is C21H28N4O3. The van der Waals surface area contributed by atoms with Gasteiger partial charge in [0.1, 0.15) is 12.4 Å². The molecule has 0 saturated carbocycles. The van der Waals surface area contributed by atoms with Crippen LogP contribution in [0.3, 0.4) is 0 Å². The highest BCUT2D eigenvalue weighted by molar-refractivity contribution is 5.79. The summed E-state index contributed by atoms with van der Waals surface area (Å²) >= 11 is 0. The smallest absolute Gasteiger partial charge is 0.231 e. The number of nitrogens with zero attached hydrogens (tertiary/aromatic N) is 2. The fraction of sp³-hybridized carbons (Fsp3) is 0.381. The van der Waals surface area contributed by atoms with Crippen molar-refractivity contribution < 1.29 is 14.2 Å². The van der Waals surface area contributed by atoms with Gasteiger partial charge in [-0.1, -0.05) is 24.3 Å². The monoisotopic (exact) mass is 384 g/mol. The predicted molar refractivity (Wildman–Crippen MR) is 110 cm³/mol. The molecule has 7 heteroatoms. The maximum absolute atomic E-state index is 5.92. The molecule has 150 valence electrons. The molecule has 3 rings (SSSR count). The van der Waals surface area contributed by atoms with Gasteiger partial charge in [-0.25, -0.2) is 0 Å². The maximum atomic E-state index is 5.92. The van der Waals surface area contributed by atoms with Crippen LogP contribution in [-0.2, 0) is 13.1 Å². The summed E-state index contributed by atoms with van der Waals surface area (Å²) in [5, 5.41) is 6.66. The van der Waals surface area contributed by atoms with E-state index < -0.39 is 0 Å². The number of para-hydroxylation sites is 1. The molecule has 0 fully saturated rings. The Hall–Kier alpha value is -2.93. The van der Waals surface area contributed by atoms with Gasteiger partial charge < -0.3 is 29.7 Å². The van der Waals surface area contributed by atoms with Gasteiger partial charge in [0.2, 0.25) is 6.79 Å². The molecule has 1 aliphatic rings. The van der Waals surface area contributed by atoms with E-state index in [1.54, 1.807) is 7.05 Å². The van der Waals surface area contributed by atoms with E-state index in [9.17, 15) is 0 Å². The standard InChI is InChI=1S/C21H28N4O3/c1-22-21(23-13-16-8-9-19-20(12-16)28-15-27-19)24-14-17-6-4-5-7-18(17)26-11-10-25(2)3/h4-9,12H,10-11,13-15H2,1-3H3,(H2,22,23,24). The van der Waals surface area contributed by atoms with Crippen LogP contribution in [0.15, 0.2) is 47.5 Å². The summed E-state index contributed by atoms with van der Waals surface area (Å²) in [4.78, 5) is 6.40. The SMILES string of the molecule is CN=C(NCc1ccc2c(c1)OCO2)NCc1ccccc1OCCN(C)C. The number of ether oxygens (including phenoxy) is 3. The van der Waals surface area contributed by atoms with Gasteiger partial charge in [0.25, 0.3) is 0 Å². The van der Waals surface area contributed by atoms with E-state index >= 15 is 0 Å². The van der Waals surface area contributed by atoms with Crippen LogP contribution in [0.5, 0.6) is 17.2 Å². The Morgan fingerprint density at radius 2 is 1.86 bits per heavy atom. The second-order valence-corrected chi connectivity index (χ2v) is 6.73. The molecule has 2 N–H and O–H groups in total. The molecule has 0 saturated heterocycles. The van der Waals surface area contributed by atoms with Crippen LogP contribution < -0.4 is 24.8 Å². The molecular weight excluding hydrogens is 356 g/mol. The second-order valence-electron chi connectivity index (χ2n) is 6.73.